The summed E-state index contributed by atoms with van der Waals surface area (Å²) in [6.07, 6.45) is 3.81. The van der Waals surface area contributed by atoms with E-state index in [1.807, 2.05) is 22.8 Å². The van der Waals surface area contributed by atoms with Crippen molar-refractivity contribution in [2.24, 2.45) is 0 Å². The highest BCUT2D eigenvalue weighted by Crippen LogP contribution is 2.55. The summed E-state index contributed by atoms with van der Waals surface area (Å²) in [4.78, 5) is 13.9. The summed E-state index contributed by atoms with van der Waals surface area (Å²) in [5.74, 6) is 1.05. The van der Waals surface area contributed by atoms with Crippen molar-refractivity contribution in [1.29, 1.82) is 0 Å². The van der Waals surface area contributed by atoms with Crippen LogP contribution in [-0.4, -0.2) is 35.8 Å². The van der Waals surface area contributed by atoms with Gasteiger partial charge in [0.1, 0.15) is 11.4 Å². The van der Waals surface area contributed by atoms with E-state index in [1.165, 1.54) is 6.07 Å². The second-order valence-electron chi connectivity index (χ2n) is 8.98. The zero-order valence-electron chi connectivity index (χ0n) is 18.3. The summed E-state index contributed by atoms with van der Waals surface area (Å²) in [5, 5.41) is 9.80. The topological polar surface area (TPSA) is 96.1 Å². The molecule has 0 radical (unpaired) electrons. The van der Waals surface area contributed by atoms with E-state index in [0.717, 1.165) is 22.2 Å². The molecular weight excluding hydrogens is 462 g/mol. The van der Waals surface area contributed by atoms with E-state index in [1.54, 1.807) is 38.4 Å². The predicted octanol–water partition coefficient (Wildman–Crippen LogP) is 4.48. The summed E-state index contributed by atoms with van der Waals surface area (Å²) < 4.78 is 46.4. The van der Waals surface area contributed by atoms with Crippen molar-refractivity contribution < 1.29 is 23.2 Å². The van der Waals surface area contributed by atoms with Crippen LogP contribution in [0.2, 0.25) is 0 Å². The summed E-state index contributed by atoms with van der Waals surface area (Å²) in [7, 11) is 0. The van der Waals surface area contributed by atoms with E-state index in [0.29, 0.717) is 28.5 Å². The van der Waals surface area contributed by atoms with Gasteiger partial charge >= 0.3 is 6.61 Å². The first-order valence-corrected chi connectivity index (χ1v) is 12.0. The molecule has 1 N–H and O–H groups in total. The number of aliphatic hydroxyl groups is 1. The van der Waals surface area contributed by atoms with Crippen molar-refractivity contribution in [2.45, 2.75) is 48.7 Å². The molecule has 2 aliphatic heterocycles. The van der Waals surface area contributed by atoms with E-state index < -0.39 is 23.4 Å². The van der Waals surface area contributed by atoms with Crippen molar-refractivity contribution in [3.05, 3.63) is 66.0 Å². The van der Waals surface area contributed by atoms with Crippen LogP contribution in [0, 0.1) is 0 Å². The van der Waals surface area contributed by atoms with Gasteiger partial charge in [-0.1, -0.05) is 12.1 Å². The first-order valence-electron chi connectivity index (χ1n) is 10.8. The highest BCUT2D eigenvalue weighted by Gasteiger charge is 2.50. The maximum Gasteiger partial charge on any atom is 0.387 e. The molecule has 7 nitrogen and oxygen atoms in total. The molecule has 4 aromatic rings. The molecule has 2 aromatic carbocycles. The van der Waals surface area contributed by atoms with Gasteiger partial charge in [0.15, 0.2) is 21.8 Å². The first-order chi connectivity index (χ1) is 16.2. The molecule has 2 aliphatic rings. The average molecular weight is 483 g/mol. The SMILES string of the molecule is CC(C)(O)c1ncc(-c2ccc3nc4n(c3c2)[C@H]2C[C@H]4[S+]([O-])c3cccc(OC(F)F)c32)cn1. The van der Waals surface area contributed by atoms with Crippen molar-refractivity contribution in [3.63, 3.8) is 0 Å². The fraction of sp³-hybridized carbons (Fsp3) is 0.292. The van der Waals surface area contributed by atoms with Crippen LogP contribution in [0.15, 0.2) is 53.7 Å². The fourth-order valence-electron chi connectivity index (χ4n) is 4.86. The summed E-state index contributed by atoms with van der Waals surface area (Å²) in [5.41, 5.74) is 2.53. The Labute approximate surface area is 196 Å². The highest BCUT2D eigenvalue weighted by atomic mass is 32.2. The zero-order chi connectivity index (χ0) is 23.8. The summed E-state index contributed by atoms with van der Waals surface area (Å²) in [6, 6.07) is 10.2. The van der Waals surface area contributed by atoms with Gasteiger partial charge in [-0.25, -0.2) is 15.0 Å². The molecule has 4 heterocycles. The van der Waals surface area contributed by atoms with Gasteiger partial charge in [-0.2, -0.15) is 8.78 Å². The van der Waals surface area contributed by atoms with Crippen molar-refractivity contribution >= 4 is 22.2 Å². The van der Waals surface area contributed by atoms with Gasteiger partial charge < -0.3 is 19.0 Å². The quantitative estimate of drug-likeness (QED) is 0.431. The van der Waals surface area contributed by atoms with E-state index >= 15 is 0 Å². The number of imidazole rings is 1. The molecule has 34 heavy (non-hydrogen) atoms. The molecule has 1 unspecified atom stereocenters. The largest absolute Gasteiger partial charge is 0.611 e. The lowest BCUT2D eigenvalue weighted by molar-refractivity contribution is -0.0509. The number of benzene rings is 2. The van der Waals surface area contributed by atoms with Crippen LogP contribution in [-0.2, 0) is 16.8 Å². The number of alkyl halides is 2. The number of rotatable bonds is 4. The molecule has 3 atom stereocenters. The van der Waals surface area contributed by atoms with Crippen molar-refractivity contribution in [3.8, 4) is 16.9 Å². The Hall–Kier alpha value is -3.08. The van der Waals surface area contributed by atoms with Gasteiger partial charge in [-0.15, -0.1) is 0 Å². The maximum absolute atomic E-state index is 13.3. The van der Waals surface area contributed by atoms with Gasteiger partial charge in [-0.3, -0.25) is 0 Å². The van der Waals surface area contributed by atoms with Crippen LogP contribution in [0.3, 0.4) is 0 Å². The number of nitrogens with zero attached hydrogens (tertiary/aromatic N) is 4. The minimum absolute atomic E-state index is 0.0470. The van der Waals surface area contributed by atoms with Crippen LogP contribution < -0.4 is 4.74 Å². The lowest BCUT2D eigenvalue weighted by Gasteiger charge is -2.27. The number of ether oxygens (including phenoxy) is 1. The molecule has 0 spiro atoms. The standard InChI is InChI=1S/C24H20F2N4O3S/c1-24(2,31)22-27-10-13(11-28-22)12-6-7-14-15(8-12)30-16-9-19(21(30)29-14)34(32)18-5-3-4-17(20(16)18)33-23(25)26/h3-8,10-11,16,19,23,31H,9H2,1-2H3/t16-,19+,34?/m0/s1. The number of fused-ring (bicyclic) bond motifs is 9. The van der Waals surface area contributed by atoms with Crippen molar-refractivity contribution in [1.82, 2.24) is 19.5 Å². The second kappa shape index (κ2) is 7.46. The third-order valence-corrected chi connectivity index (χ3v) is 8.05. The van der Waals surface area contributed by atoms with E-state index in [-0.39, 0.29) is 17.0 Å². The number of hydrogen-bond donors (Lipinski definition) is 1. The third kappa shape index (κ3) is 3.20. The zero-order valence-corrected chi connectivity index (χ0v) is 19.1. The summed E-state index contributed by atoms with van der Waals surface area (Å²) >= 11 is -1.43. The molecule has 2 bridgehead atoms. The Morgan fingerprint density at radius 3 is 2.65 bits per heavy atom. The molecule has 0 fully saturated rings. The second-order valence-corrected chi connectivity index (χ2v) is 10.6. The molecule has 6 rings (SSSR count). The van der Waals surface area contributed by atoms with Crippen LogP contribution in [0.1, 0.15) is 48.8 Å². The average Bonchev–Trinajstić information content (AvgIpc) is 3.32. The van der Waals surface area contributed by atoms with E-state index in [4.69, 9.17) is 9.72 Å². The van der Waals surface area contributed by atoms with Gasteiger partial charge in [0.2, 0.25) is 0 Å². The van der Waals surface area contributed by atoms with Crippen LogP contribution in [0.5, 0.6) is 5.75 Å². The predicted molar refractivity (Wildman–Crippen MR) is 121 cm³/mol. The maximum atomic E-state index is 13.3. The Kier molecular flexibility index (Phi) is 4.71. The first kappa shape index (κ1) is 21.5. The number of hydrogen-bond acceptors (Lipinski definition) is 6. The Morgan fingerprint density at radius 1 is 1.18 bits per heavy atom. The minimum Gasteiger partial charge on any atom is -0.611 e. The minimum atomic E-state index is -2.98. The fourth-order valence-corrected chi connectivity index (χ4v) is 6.55. The van der Waals surface area contributed by atoms with E-state index in [9.17, 15) is 18.4 Å². The third-order valence-electron chi connectivity index (χ3n) is 6.34. The van der Waals surface area contributed by atoms with Gasteiger partial charge in [0, 0.05) is 24.4 Å². The van der Waals surface area contributed by atoms with Crippen molar-refractivity contribution in [2.75, 3.05) is 0 Å². The molecule has 2 aromatic heterocycles. The Balaban J connectivity index is 1.49. The Bertz CT molecular complexity index is 1420. The molecular formula is C24H20F2N4O3S. The normalized spacial score (nSPS) is 21.1. The van der Waals surface area contributed by atoms with Crippen LogP contribution in [0.25, 0.3) is 22.2 Å². The number of aromatic nitrogens is 4. The lowest BCUT2D eigenvalue weighted by atomic mass is 10.0. The van der Waals surface area contributed by atoms with Gasteiger partial charge in [-0.05, 0) is 54.9 Å². The van der Waals surface area contributed by atoms with Crippen LogP contribution in [0.4, 0.5) is 8.78 Å². The molecule has 0 amide bonds. The smallest absolute Gasteiger partial charge is 0.387 e. The molecule has 174 valence electrons. The monoisotopic (exact) mass is 482 g/mol. The van der Waals surface area contributed by atoms with Gasteiger partial charge in [0.05, 0.1) is 22.6 Å². The molecule has 0 aliphatic carbocycles. The molecule has 0 saturated heterocycles. The molecule has 10 heteroatoms. The molecule has 0 saturated carbocycles. The van der Waals surface area contributed by atoms with E-state index in [2.05, 4.69) is 9.97 Å². The Morgan fingerprint density at radius 2 is 1.94 bits per heavy atom. The summed E-state index contributed by atoms with van der Waals surface area (Å²) in [6.45, 7) is 0.266. The highest BCUT2D eigenvalue weighted by molar-refractivity contribution is 7.91. The van der Waals surface area contributed by atoms with Gasteiger partial charge in [0.25, 0.3) is 0 Å². The van der Waals surface area contributed by atoms with Crippen LogP contribution >= 0.6 is 0 Å². The number of halogens is 2. The lowest BCUT2D eigenvalue weighted by Crippen LogP contribution is -2.21.